The molecular weight excluding hydrogens is 244 g/mol. The highest BCUT2D eigenvalue weighted by molar-refractivity contribution is 5.97. The number of carbonyl (C=O) groups is 1. The molecule has 104 valence electrons. The van der Waals surface area contributed by atoms with Crippen LogP contribution in [0.4, 0.5) is 0 Å². The summed E-state index contributed by atoms with van der Waals surface area (Å²) >= 11 is 0. The van der Waals surface area contributed by atoms with Crippen molar-refractivity contribution in [2.45, 2.75) is 37.8 Å². The van der Waals surface area contributed by atoms with Crippen LogP contribution in [0.25, 0.3) is 0 Å². The second-order valence-electron chi connectivity index (χ2n) is 4.88. The number of para-hydroxylation sites is 1. The van der Waals surface area contributed by atoms with Gasteiger partial charge in [0.15, 0.2) is 11.5 Å². The van der Waals surface area contributed by atoms with Gasteiger partial charge in [-0.25, -0.2) is 0 Å². The van der Waals surface area contributed by atoms with Crippen LogP contribution in [0.3, 0.4) is 0 Å². The molecule has 0 spiro atoms. The summed E-state index contributed by atoms with van der Waals surface area (Å²) < 4.78 is 4.99. The maximum absolute atomic E-state index is 12.2. The number of amides is 1. The van der Waals surface area contributed by atoms with Gasteiger partial charge in [-0.15, -0.1) is 0 Å². The number of rotatable bonds is 3. The summed E-state index contributed by atoms with van der Waals surface area (Å²) in [5.41, 5.74) is 6.22. The molecule has 5 nitrogen and oxygen atoms in total. The third-order valence-corrected chi connectivity index (χ3v) is 3.60. The number of ether oxygens (including phenoxy) is 1. The first-order valence-corrected chi connectivity index (χ1v) is 6.56. The molecule has 0 unspecified atom stereocenters. The normalized spacial score (nSPS) is 22.8. The molecule has 0 aromatic heterocycles. The van der Waals surface area contributed by atoms with E-state index in [9.17, 15) is 9.90 Å². The van der Waals surface area contributed by atoms with E-state index in [0.29, 0.717) is 5.75 Å². The number of aromatic hydroxyl groups is 1. The predicted octanol–water partition coefficient (Wildman–Crippen LogP) is 1.40. The van der Waals surface area contributed by atoms with Crippen LogP contribution >= 0.6 is 0 Å². The minimum Gasteiger partial charge on any atom is -0.504 e. The van der Waals surface area contributed by atoms with Crippen molar-refractivity contribution in [2.75, 3.05) is 7.11 Å². The number of hydrogen-bond acceptors (Lipinski definition) is 4. The molecule has 19 heavy (non-hydrogen) atoms. The summed E-state index contributed by atoms with van der Waals surface area (Å²) in [4.78, 5) is 12.2. The van der Waals surface area contributed by atoms with Gasteiger partial charge in [-0.2, -0.15) is 0 Å². The Hall–Kier alpha value is -1.75. The largest absolute Gasteiger partial charge is 0.504 e. The highest BCUT2D eigenvalue weighted by Crippen LogP contribution is 2.29. The van der Waals surface area contributed by atoms with Crippen molar-refractivity contribution in [3.05, 3.63) is 23.8 Å². The SMILES string of the molecule is COc1cccc(C(=O)N[C@@H]2CCCC[C@H]2N)c1O. The van der Waals surface area contributed by atoms with E-state index < -0.39 is 0 Å². The summed E-state index contributed by atoms with van der Waals surface area (Å²) in [6, 6.07) is 4.83. The van der Waals surface area contributed by atoms with Crippen molar-refractivity contribution >= 4 is 5.91 Å². The van der Waals surface area contributed by atoms with Crippen molar-refractivity contribution in [3.63, 3.8) is 0 Å². The molecule has 2 rings (SSSR count). The number of phenolic OH excluding ortho intramolecular Hbond substituents is 1. The molecule has 1 aliphatic carbocycles. The second-order valence-corrected chi connectivity index (χ2v) is 4.88. The Bertz CT molecular complexity index is 462. The Labute approximate surface area is 112 Å². The number of methoxy groups -OCH3 is 1. The summed E-state index contributed by atoms with van der Waals surface area (Å²) in [6.45, 7) is 0. The molecule has 1 aromatic carbocycles. The first-order valence-electron chi connectivity index (χ1n) is 6.56. The average Bonchev–Trinajstić information content (AvgIpc) is 2.41. The Morgan fingerprint density at radius 2 is 2.16 bits per heavy atom. The quantitative estimate of drug-likeness (QED) is 0.770. The minimum absolute atomic E-state index is 0.00884. The zero-order chi connectivity index (χ0) is 13.8. The maximum atomic E-state index is 12.2. The third kappa shape index (κ3) is 2.98. The van der Waals surface area contributed by atoms with Crippen LogP contribution in [0.1, 0.15) is 36.0 Å². The van der Waals surface area contributed by atoms with Crippen molar-refractivity contribution in [3.8, 4) is 11.5 Å². The van der Waals surface area contributed by atoms with Gasteiger partial charge < -0.3 is 20.9 Å². The lowest BCUT2D eigenvalue weighted by molar-refractivity contribution is 0.0918. The van der Waals surface area contributed by atoms with Gasteiger partial charge in [-0.3, -0.25) is 4.79 Å². The summed E-state index contributed by atoms with van der Waals surface area (Å²) in [7, 11) is 1.45. The molecule has 5 heteroatoms. The Kier molecular flexibility index (Phi) is 4.27. The van der Waals surface area contributed by atoms with Crippen molar-refractivity contribution in [1.29, 1.82) is 0 Å². The summed E-state index contributed by atoms with van der Waals surface area (Å²) in [6.07, 6.45) is 3.99. The lowest BCUT2D eigenvalue weighted by Gasteiger charge is -2.29. The first kappa shape index (κ1) is 13.7. The molecule has 0 radical (unpaired) electrons. The van der Waals surface area contributed by atoms with Crippen LogP contribution in [-0.4, -0.2) is 30.2 Å². The van der Waals surface area contributed by atoms with Crippen LogP contribution in [-0.2, 0) is 0 Å². The summed E-state index contributed by atoms with van der Waals surface area (Å²) in [5, 5.41) is 12.8. The van der Waals surface area contributed by atoms with Gasteiger partial charge in [0.05, 0.1) is 12.7 Å². The smallest absolute Gasteiger partial charge is 0.255 e. The highest BCUT2D eigenvalue weighted by atomic mass is 16.5. The standard InChI is InChI=1S/C14H20N2O3/c1-19-12-8-4-5-9(13(12)17)14(18)16-11-7-3-2-6-10(11)15/h4-5,8,10-11,17H,2-3,6-7,15H2,1H3,(H,16,18)/t10-,11-/m1/s1. The number of phenols is 1. The molecule has 0 bridgehead atoms. The van der Waals surface area contributed by atoms with Gasteiger partial charge in [0.25, 0.3) is 5.91 Å². The molecule has 1 saturated carbocycles. The van der Waals surface area contributed by atoms with E-state index in [1.54, 1.807) is 18.2 Å². The van der Waals surface area contributed by atoms with E-state index in [4.69, 9.17) is 10.5 Å². The molecule has 0 saturated heterocycles. The number of nitrogens with two attached hydrogens (primary N) is 1. The molecule has 2 atom stereocenters. The molecule has 1 aromatic rings. The molecule has 0 aliphatic heterocycles. The van der Waals surface area contributed by atoms with Crippen LogP contribution < -0.4 is 15.8 Å². The molecule has 0 heterocycles. The van der Waals surface area contributed by atoms with E-state index in [1.165, 1.54) is 7.11 Å². The molecule has 1 amide bonds. The van der Waals surface area contributed by atoms with E-state index in [-0.39, 0.29) is 29.3 Å². The Morgan fingerprint density at radius 1 is 1.42 bits per heavy atom. The fourth-order valence-corrected chi connectivity index (χ4v) is 2.46. The summed E-state index contributed by atoms with van der Waals surface area (Å²) in [5.74, 6) is -0.147. The van der Waals surface area contributed by atoms with Crippen LogP contribution in [0.15, 0.2) is 18.2 Å². The van der Waals surface area contributed by atoms with Crippen LogP contribution in [0.5, 0.6) is 11.5 Å². The minimum atomic E-state index is -0.307. The fraction of sp³-hybridized carbons (Fsp3) is 0.500. The van der Waals surface area contributed by atoms with Crippen molar-refractivity contribution in [1.82, 2.24) is 5.32 Å². The van der Waals surface area contributed by atoms with E-state index in [1.807, 2.05) is 0 Å². The number of nitrogens with one attached hydrogen (secondary N) is 1. The lowest BCUT2D eigenvalue weighted by Crippen LogP contribution is -2.49. The zero-order valence-electron chi connectivity index (χ0n) is 11.1. The molecule has 1 aliphatic rings. The van der Waals surface area contributed by atoms with E-state index in [0.717, 1.165) is 25.7 Å². The first-order chi connectivity index (χ1) is 9.13. The number of carbonyl (C=O) groups excluding carboxylic acids is 1. The van der Waals surface area contributed by atoms with Crippen LogP contribution in [0, 0.1) is 0 Å². The fourth-order valence-electron chi connectivity index (χ4n) is 2.46. The van der Waals surface area contributed by atoms with Gasteiger partial charge in [0.2, 0.25) is 0 Å². The van der Waals surface area contributed by atoms with Crippen molar-refractivity contribution < 1.29 is 14.6 Å². The van der Waals surface area contributed by atoms with Gasteiger partial charge in [-0.05, 0) is 25.0 Å². The number of benzene rings is 1. The van der Waals surface area contributed by atoms with Crippen molar-refractivity contribution in [2.24, 2.45) is 5.73 Å². The molecule has 1 fully saturated rings. The topological polar surface area (TPSA) is 84.6 Å². The Morgan fingerprint density at radius 3 is 2.84 bits per heavy atom. The zero-order valence-corrected chi connectivity index (χ0v) is 11.1. The maximum Gasteiger partial charge on any atom is 0.255 e. The van der Waals surface area contributed by atoms with Gasteiger partial charge in [-0.1, -0.05) is 18.9 Å². The molecular formula is C14H20N2O3. The monoisotopic (exact) mass is 264 g/mol. The van der Waals surface area contributed by atoms with Gasteiger partial charge in [0.1, 0.15) is 0 Å². The van der Waals surface area contributed by atoms with E-state index in [2.05, 4.69) is 5.32 Å². The average molecular weight is 264 g/mol. The van der Waals surface area contributed by atoms with Gasteiger partial charge >= 0.3 is 0 Å². The van der Waals surface area contributed by atoms with E-state index >= 15 is 0 Å². The Balaban J connectivity index is 2.11. The van der Waals surface area contributed by atoms with Gasteiger partial charge in [0, 0.05) is 12.1 Å². The second kappa shape index (κ2) is 5.93. The number of hydrogen-bond donors (Lipinski definition) is 3. The lowest BCUT2D eigenvalue weighted by atomic mass is 9.91. The highest BCUT2D eigenvalue weighted by Gasteiger charge is 2.25. The predicted molar refractivity (Wildman–Crippen MR) is 72.4 cm³/mol. The third-order valence-electron chi connectivity index (χ3n) is 3.60. The van der Waals surface area contributed by atoms with Crippen LogP contribution in [0.2, 0.25) is 0 Å². The molecule has 4 N–H and O–H groups in total.